The average molecular weight is 292 g/mol. The van der Waals surface area contributed by atoms with Crippen LogP contribution in [0.2, 0.25) is 0 Å². The molecule has 0 saturated heterocycles. The maximum absolute atomic E-state index is 4.27. The van der Waals surface area contributed by atoms with E-state index >= 15 is 0 Å². The number of nitrogens with one attached hydrogen (secondary N) is 1. The van der Waals surface area contributed by atoms with E-state index < -0.39 is 0 Å². The molecule has 21 heavy (non-hydrogen) atoms. The quantitative estimate of drug-likeness (QED) is 0.875. The first-order chi connectivity index (χ1) is 9.78. The van der Waals surface area contributed by atoms with Crippen LogP contribution in [0, 0.1) is 5.41 Å². The van der Waals surface area contributed by atoms with Crippen LogP contribution in [0.3, 0.4) is 0 Å². The van der Waals surface area contributed by atoms with Crippen molar-refractivity contribution in [3.63, 3.8) is 0 Å². The molecular formula is C17H32N4. The van der Waals surface area contributed by atoms with Crippen molar-refractivity contribution < 1.29 is 0 Å². The lowest BCUT2D eigenvalue weighted by atomic mass is 9.84. The van der Waals surface area contributed by atoms with Gasteiger partial charge in [-0.1, -0.05) is 12.8 Å². The SMILES string of the molecule is CN(Cc1cnn(C)c1)CC1(CNC(C)(C)C)CCCC1. The van der Waals surface area contributed by atoms with Crippen molar-refractivity contribution in [3.8, 4) is 0 Å². The van der Waals surface area contributed by atoms with Crippen molar-refractivity contribution >= 4 is 0 Å². The zero-order valence-corrected chi connectivity index (χ0v) is 14.4. The summed E-state index contributed by atoms with van der Waals surface area (Å²) in [6.07, 6.45) is 9.57. The fraction of sp³-hybridized carbons (Fsp3) is 0.824. The number of aromatic nitrogens is 2. The van der Waals surface area contributed by atoms with Gasteiger partial charge in [-0.05, 0) is 46.1 Å². The summed E-state index contributed by atoms with van der Waals surface area (Å²) < 4.78 is 1.88. The molecule has 1 fully saturated rings. The lowest BCUT2D eigenvalue weighted by Crippen LogP contribution is -2.47. The molecule has 0 spiro atoms. The molecule has 0 amide bonds. The van der Waals surface area contributed by atoms with Gasteiger partial charge in [0.25, 0.3) is 0 Å². The fourth-order valence-corrected chi connectivity index (χ4v) is 3.46. The Hall–Kier alpha value is -0.870. The van der Waals surface area contributed by atoms with Crippen LogP contribution in [0.15, 0.2) is 12.4 Å². The minimum Gasteiger partial charge on any atom is -0.311 e. The van der Waals surface area contributed by atoms with Crippen LogP contribution in [0.5, 0.6) is 0 Å². The molecule has 0 atom stereocenters. The van der Waals surface area contributed by atoms with Crippen LogP contribution in [-0.2, 0) is 13.6 Å². The number of rotatable bonds is 6. The van der Waals surface area contributed by atoms with Gasteiger partial charge in [-0.15, -0.1) is 0 Å². The molecule has 0 radical (unpaired) electrons. The van der Waals surface area contributed by atoms with E-state index in [0.717, 1.165) is 13.1 Å². The molecule has 120 valence electrons. The van der Waals surface area contributed by atoms with Gasteiger partial charge in [0.05, 0.1) is 6.20 Å². The van der Waals surface area contributed by atoms with Crippen molar-refractivity contribution in [1.29, 1.82) is 0 Å². The fourth-order valence-electron chi connectivity index (χ4n) is 3.46. The van der Waals surface area contributed by atoms with Gasteiger partial charge in [0.2, 0.25) is 0 Å². The summed E-state index contributed by atoms with van der Waals surface area (Å²) in [5.41, 5.74) is 1.96. The lowest BCUT2D eigenvalue weighted by Gasteiger charge is -2.36. The van der Waals surface area contributed by atoms with Crippen LogP contribution < -0.4 is 5.32 Å². The third kappa shape index (κ3) is 5.11. The van der Waals surface area contributed by atoms with Gasteiger partial charge >= 0.3 is 0 Å². The van der Waals surface area contributed by atoms with E-state index in [2.05, 4.69) is 49.3 Å². The number of hydrogen-bond donors (Lipinski definition) is 1. The second kappa shape index (κ2) is 6.49. The molecule has 1 aliphatic rings. The Bertz CT molecular complexity index is 438. The molecule has 1 aromatic heterocycles. The number of hydrogen-bond acceptors (Lipinski definition) is 3. The molecule has 1 saturated carbocycles. The number of aryl methyl sites for hydroxylation is 1. The molecule has 1 heterocycles. The third-order valence-electron chi connectivity index (χ3n) is 4.47. The van der Waals surface area contributed by atoms with Crippen molar-refractivity contribution in [3.05, 3.63) is 18.0 Å². The molecule has 2 rings (SSSR count). The van der Waals surface area contributed by atoms with Crippen molar-refractivity contribution in [2.45, 2.75) is 58.5 Å². The van der Waals surface area contributed by atoms with Gasteiger partial charge in [-0.2, -0.15) is 5.10 Å². The molecule has 1 N–H and O–H groups in total. The summed E-state index contributed by atoms with van der Waals surface area (Å²) in [4.78, 5) is 2.46. The molecule has 4 nitrogen and oxygen atoms in total. The Kier molecular flexibility index (Phi) is 5.10. The first-order valence-corrected chi connectivity index (χ1v) is 8.19. The van der Waals surface area contributed by atoms with Gasteiger partial charge in [0.1, 0.15) is 0 Å². The minimum atomic E-state index is 0.206. The van der Waals surface area contributed by atoms with Crippen LogP contribution in [0.4, 0.5) is 0 Å². The maximum atomic E-state index is 4.27. The minimum absolute atomic E-state index is 0.206. The van der Waals surface area contributed by atoms with Gasteiger partial charge in [0.15, 0.2) is 0 Å². The van der Waals surface area contributed by atoms with E-state index in [1.807, 2.05) is 17.9 Å². The topological polar surface area (TPSA) is 33.1 Å². The molecule has 1 aliphatic carbocycles. The van der Waals surface area contributed by atoms with E-state index in [0.29, 0.717) is 5.41 Å². The van der Waals surface area contributed by atoms with E-state index in [1.54, 1.807) is 0 Å². The van der Waals surface area contributed by atoms with Crippen LogP contribution in [0.1, 0.15) is 52.0 Å². The summed E-state index contributed by atoms with van der Waals surface area (Å²) in [6, 6.07) is 0. The van der Waals surface area contributed by atoms with Crippen LogP contribution in [0.25, 0.3) is 0 Å². The predicted molar refractivity (Wildman–Crippen MR) is 88.2 cm³/mol. The van der Waals surface area contributed by atoms with E-state index in [-0.39, 0.29) is 5.54 Å². The van der Waals surface area contributed by atoms with Crippen molar-refractivity contribution in [2.75, 3.05) is 20.1 Å². The first-order valence-electron chi connectivity index (χ1n) is 8.19. The zero-order chi connectivity index (χ0) is 15.5. The Balaban J connectivity index is 1.92. The van der Waals surface area contributed by atoms with E-state index in [9.17, 15) is 0 Å². The third-order valence-corrected chi connectivity index (χ3v) is 4.47. The van der Waals surface area contributed by atoms with E-state index in [1.165, 1.54) is 37.8 Å². The largest absolute Gasteiger partial charge is 0.311 e. The normalized spacial score (nSPS) is 18.6. The summed E-state index contributed by atoms with van der Waals surface area (Å²) >= 11 is 0. The highest BCUT2D eigenvalue weighted by atomic mass is 15.2. The van der Waals surface area contributed by atoms with Gasteiger partial charge in [-0.3, -0.25) is 4.68 Å². The Morgan fingerprint density at radius 2 is 2.00 bits per heavy atom. The number of nitrogens with zero attached hydrogens (tertiary/aromatic N) is 3. The average Bonchev–Trinajstić information content (AvgIpc) is 2.96. The summed E-state index contributed by atoms with van der Waals surface area (Å²) in [5.74, 6) is 0. The highest BCUT2D eigenvalue weighted by molar-refractivity contribution is 5.03. The molecule has 4 heteroatoms. The summed E-state index contributed by atoms with van der Waals surface area (Å²) in [5, 5.41) is 8.00. The second-order valence-electron chi connectivity index (χ2n) is 8.01. The van der Waals surface area contributed by atoms with E-state index in [4.69, 9.17) is 0 Å². The van der Waals surface area contributed by atoms with Crippen molar-refractivity contribution in [1.82, 2.24) is 20.0 Å². The highest BCUT2D eigenvalue weighted by Gasteiger charge is 2.35. The van der Waals surface area contributed by atoms with Crippen molar-refractivity contribution in [2.24, 2.45) is 12.5 Å². The molecule has 0 bridgehead atoms. The van der Waals surface area contributed by atoms with Gasteiger partial charge in [0, 0.05) is 44.0 Å². The summed E-state index contributed by atoms with van der Waals surface area (Å²) in [6.45, 7) is 10.1. The molecule has 0 aliphatic heterocycles. The Morgan fingerprint density at radius 3 is 2.52 bits per heavy atom. The molecule has 0 unspecified atom stereocenters. The van der Waals surface area contributed by atoms with Gasteiger partial charge < -0.3 is 10.2 Å². The zero-order valence-electron chi connectivity index (χ0n) is 14.4. The molecule has 0 aromatic carbocycles. The standard InChI is InChI=1S/C17H32N4/c1-16(2,3)18-13-17(8-6-7-9-17)14-20(4)11-15-10-19-21(5)12-15/h10,12,18H,6-9,11,13-14H2,1-5H3. The monoisotopic (exact) mass is 292 g/mol. The smallest absolute Gasteiger partial charge is 0.0534 e. The lowest BCUT2D eigenvalue weighted by molar-refractivity contribution is 0.156. The van der Waals surface area contributed by atoms with Crippen LogP contribution in [-0.4, -0.2) is 40.4 Å². The maximum Gasteiger partial charge on any atom is 0.0534 e. The van der Waals surface area contributed by atoms with Crippen LogP contribution >= 0.6 is 0 Å². The predicted octanol–water partition coefficient (Wildman–Crippen LogP) is 2.80. The Labute approximate surface area is 129 Å². The second-order valence-corrected chi connectivity index (χ2v) is 8.01. The van der Waals surface area contributed by atoms with Gasteiger partial charge in [-0.25, -0.2) is 0 Å². The Morgan fingerprint density at radius 1 is 1.33 bits per heavy atom. The highest BCUT2D eigenvalue weighted by Crippen LogP contribution is 2.38. The summed E-state index contributed by atoms with van der Waals surface area (Å²) in [7, 11) is 4.22. The molecule has 1 aromatic rings. The first kappa shape index (κ1) is 16.5. The molecular weight excluding hydrogens is 260 g/mol.